The van der Waals surface area contributed by atoms with Crippen molar-refractivity contribution in [2.75, 3.05) is 13.6 Å². The molecule has 0 radical (unpaired) electrons. The highest BCUT2D eigenvalue weighted by Gasteiger charge is 2.18. The van der Waals surface area contributed by atoms with E-state index < -0.39 is 0 Å². The number of nitrogens with one attached hydrogen (secondary N) is 1. The second-order valence-electron chi connectivity index (χ2n) is 3.68. The number of rotatable bonds is 7. The standard InChI is InChI=1S/C10H22N2O/c1-8(2)10(13)9(12-3)6-4-5-7-11/h8-9,12H,4-7,11H2,1-3H3/t9-/m0/s1. The van der Waals surface area contributed by atoms with Gasteiger partial charge in [0.25, 0.3) is 0 Å². The van der Waals surface area contributed by atoms with Crippen LogP contribution in [0.25, 0.3) is 0 Å². The van der Waals surface area contributed by atoms with Crippen LogP contribution in [-0.4, -0.2) is 25.4 Å². The summed E-state index contributed by atoms with van der Waals surface area (Å²) in [5.41, 5.74) is 5.39. The minimum Gasteiger partial charge on any atom is -0.330 e. The molecule has 0 amide bonds. The van der Waals surface area contributed by atoms with E-state index in [0.717, 1.165) is 19.3 Å². The van der Waals surface area contributed by atoms with Crippen LogP contribution in [0.5, 0.6) is 0 Å². The van der Waals surface area contributed by atoms with Crippen LogP contribution in [0.3, 0.4) is 0 Å². The van der Waals surface area contributed by atoms with E-state index in [-0.39, 0.29) is 12.0 Å². The molecule has 0 aromatic heterocycles. The molecule has 13 heavy (non-hydrogen) atoms. The van der Waals surface area contributed by atoms with E-state index in [1.54, 1.807) is 0 Å². The second-order valence-corrected chi connectivity index (χ2v) is 3.68. The fourth-order valence-corrected chi connectivity index (χ4v) is 1.32. The summed E-state index contributed by atoms with van der Waals surface area (Å²) in [6.07, 6.45) is 2.94. The van der Waals surface area contributed by atoms with Gasteiger partial charge in [-0.3, -0.25) is 4.79 Å². The molecule has 3 heteroatoms. The summed E-state index contributed by atoms with van der Waals surface area (Å²) in [5, 5.41) is 3.05. The smallest absolute Gasteiger partial charge is 0.152 e. The Bertz CT molecular complexity index is 146. The topological polar surface area (TPSA) is 55.1 Å². The maximum absolute atomic E-state index is 11.6. The Morgan fingerprint density at radius 3 is 2.38 bits per heavy atom. The number of hydrogen-bond acceptors (Lipinski definition) is 3. The predicted molar refractivity (Wildman–Crippen MR) is 55.6 cm³/mol. The largest absolute Gasteiger partial charge is 0.330 e. The number of unbranched alkanes of at least 4 members (excludes halogenated alkanes) is 1. The molecule has 0 rings (SSSR count). The molecule has 0 saturated carbocycles. The van der Waals surface area contributed by atoms with E-state index in [1.807, 2.05) is 20.9 Å². The third-order valence-corrected chi connectivity index (χ3v) is 2.21. The first-order chi connectivity index (χ1) is 6.13. The Hall–Kier alpha value is -0.410. The first-order valence-electron chi connectivity index (χ1n) is 5.04. The van der Waals surface area contributed by atoms with Gasteiger partial charge in [-0.2, -0.15) is 0 Å². The summed E-state index contributed by atoms with van der Waals surface area (Å²) < 4.78 is 0. The van der Waals surface area contributed by atoms with Gasteiger partial charge < -0.3 is 11.1 Å². The van der Waals surface area contributed by atoms with Crippen LogP contribution < -0.4 is 11.1 Å². The Balaban J connectivity index is 3.81. The van der Waals surface area contributed by atoms with Crippen LogP contribution in [0, 0.1) is 5.92 Å². The van der Waals surface area contributed by atoms with E-state index in [0.29, 0.717) is 12.3 Å². The Morgan fingerprint density at radius 2 is 2.00 bits per heavy atom. The van der Waals surface area contributed by atoms with Crippen molar-refractivity contribution in [1.82, 2.24) is 5.32 Å². The Labute approximate surface area is 81.1 Å². The lowest BCUT2D eigenvalue weighted by molar-refractivity contribution is -0.124. The summed E-state index contributed by atoms with van der Waals surface area (Å²) in [5.74, 6) is 0.426. The van der Waals surface area contributed by atoms with Crippen molar-refractivity contribution in [2.24, 2.45) is 11.7 Å². The van der Waals surface area contributed by atoms with Gasteiger partial charge in [-0.15, -0.1) is 0 Å². The van der Waals surface area contributed by atoms with E-state index in [4.69, 9.17) is 5.73 Å². The van der Waals surface area contributed by atoms with Gasteiger partial charge in [0.1, 0.15) is 0 Å². The van der Waals surface area contributed by atoms with Crippen LogP contribution in [0.1, 0.15) is 33.1 Å². The molecule has 0 aliphatic heterocycles. The van der Waals surface area contributed by atoms with E-state index in [9.17, 15) is 4.79 Å². The van der Waals surface area contributed by atoms with Crippen LogP contribution in [0.2, 0.25) is 0 Å². The summed E-state index contributed by atoms with van der Waals surface area (Å²) in [7, 11) is 1.84. The molecule has 1 atom stereocenters. The SMILES string of the molecule is CN[C@@H](CCCCN)C(=O)C(C)C. The molecule has 0 aliphatic carbocycles. The number of carbonyl (C=O) groups excluding carboxylic acids is 1. The van der Waals surface area contributed by atoms with E-state index in [2.05, 4.69) is 5.32 Å². The van der Waals surface area contributed by atoms with Crippen LogP contribution in [0.4, 0.5) is 0 Å². The normalized spacial score (nSPS) is 13.3. The molecule has 0 heterocycles. The number of Topliss-reactive ketones (excluding diaryl/α,β-unsaturated/α-hetero) is 1. The van der Waals surface area contributed by atoms with Crippen molar-refractivity contribution in [1.29, 1.82) is 0 Å². The van der Waals surface area contributed by atoms with E-state index >= 15 is 0 Å². The van der Waals surface area contributed by atoms with Gasteiger partial charge in [0.15, 0.2) is 5.78 Å². The van der Waals surface area contributed by atoms with Crippen LogP contribution >= 0.6 is 0 Å². The zero-order valence-corrected chi connectivity index (χ0v) is 8.97. The quantitative estimate of drug-likeness (QED) is 0.581. The highest BCUT2D eigenvalue weighted by molar-refractivity contribution is 5.85. The molecule has 0 aromatic carbocycles. The Morgan fingerprint density at radius 1 is 1.38 bits per heavy atom. The molecule has 0 aliphatic rings. The summed E-state index contributed by atoms with van der Waals surface area (Å²) in [4.78, 5) is 11.6. The van der Waals surface area contributed by atoms with Crippen molar-refractivity contribution in [3.8, 4) is 0 Å². The van der Waals surface area contributed by atoms with Gasteiger partial charge in [-0.05, 0) is 26.4 Å². The third kappa shape index (κ3) is 5.01. The van der Waals surface area contributed by atoms with Crippen LogP contribution in [0.15, 0.2) is 0 Å². The van der Waals surface area contributed by atoms with Crippen molar-refractivity contribution in [3.05, 3.63) is 0 Å². The van der Waals surface area contributed by atoms with Gasteiger partial charge in [-0.1, -0.05) is 20.3 Å². The molecule has 0 spiro atoms. The number of carbonyl (C=O) groups is 1. The molecule has 78 valence electrons. The van der Waals surface area contributed by atoms with Crippen molar-refractivity contribution >= 4 is 5.78 Å². The highest BCUT2D eigenvalue weighted by atomic mass is 16.1. The molecule has 0 saturated heterocycles. The molecule has 3 N–H and O–H groups in total. The Kier molecular flexibility index (Phi) is 6.82. The number of ketones is 1. The summed E-state index contributed by atoms with van der Waals surface area (Å²) in [6.45, 7) is 4.59. The first-order valence-corrected chi connectivity index (χ1v) is 5.04. The number of hydrogen-bond donors (Lipinski definition) is 2. The zero-order valence-electron chi connectivity index (χ0n) is 8.97. The average molecular weight is 186 g/mol. The summed E-state index contributed by atoms with van der Waals surface area (Å²) in [6, 6.07) is 0.0200. The van der Waals surface area contributed by atoms with Crippen molar-refractivity contribution < 1.29 is 4.79 Å². The maximum atomic E-state index is 11.6. The minimum absolute atomic E-state index is 0.0200. The third-order valence-electron chi connectivity index (χ3n) is 2.21. The van der Waals surface area contributed by atoms with Gasteiger partial charge in [0, 0.05) is 5.92 Å². The second kappa shape index (κ2) is 7.04. The lowest BCUT2D eigenvalue weighted by Gasteiger charge is -2.16. The molecule has 0 unspecified atom stereocenters. The number of likely N-dealkylation sites (N-methyl/N-ethyl adjacent to an activating group) is 1. The van der Waals surface area contributed by atoms with Crippen molar-refractivity contribution in [3.63, 3.8) is 0 Å². The highest BCUT2D eigenvalue weighted by Crippen LogP contribution is 2.06. The maximum Gasteiger partial charge on any atom is 0.152 e. The van der Waals surface area contributed by atoms with Gasteiger partial charge in [0.2, 0.25) is 0 Å². The molecular weight excluding hydrogens is 164 g/mol. The fraction of sp³-hybridized carbons (Fsp3) is 0.900. The lowest BCUT2D eigenvalue weighted by Crippen LogP contribution is -2.36. The van der Waals surface area contributed by atoms with E-state index in [1.165, 1.54) is 0 Å². The number of nitrogens with two attached hydrogens (primary N) is 1. The van der Waals surface area contributed by atoms with Gasteiger partial charge >= 0.3 is 0 Å². The zero-order chi connectivity index (χ0) is 10.3. The van der Waals surface area contributed by atoms with Crippen molar-refractivity contribution in [2.45, 2.75) is 39.2 Å². The molecule has 0 aromatic rings. The van der Waals surface area contributed by atoms with Gasteiger partial charge in [-0.25, -0.2) is 0 Å². The van der Waals surface area contributed by atoms with Gasteiger partial charge in [0.05, 0.1) is 6.04 Å². The lowest BCUT2D eigenvalue weighted by atomic mass is 9.97. The fourth-order valence-electron chi connectivity index (χ4n) is 1.32. The molecule has 0 fully saturated rings. The molecule has 3 nitrogen and oxygen atoms in total. The average Bonchev–Trinajstić information content (AvgIpc) is 2.11. The molecule has 0 bridgehead atoms. The predicted octanol–water partition coefficient (Wildman–Crippen LogP) is 0.928. The summed E-state index contributed by atoms with van der Waals surface area (Å²) >= 11 is 0. The van der Waals surface area contributed by atoms with Crippen LogP contribution in [-0.2, 0) is 4.79 Å². The molecular formula is C10H22N2O. The first kappa shape index (κ1) is 12.6. The monoisotopic (exact) mass is 186 g/mol. The minimum atomic E-state index is 0.0200.